The Balaban J connectivity index is 3.15. The number of thioether (sulfide) groups is 1. The highest BCUT2D eigenvalue weighted by Crippen LogP contribution is 2.32. The molecule has 0 amide bonds. The Labute approximate surface area is 112 Å². The molecule has 16 heavy (non-hydrogen) atoms. The van der Waals surface area contributed by atoms with E-state index in [4.69, 9.17) is 16.9 Å². The third-order valence-corrected chi connectivity index (χ3v) is 3.85. The van der Waals surface area contributed by atoms with Crippen LogP contribution in [0.5, 0.6) is 0 Å². The number of nitriles is 1. The average Bonchev–Trinajstić information content (AvgIpc) is 2.29. The molecular weight excluding hydrogens is 310 g/mol. The van der Waals surface area contributed by atoms with Crippen LogP contribution in [0.15, 0.2) is 21.6 Å². The molecule has 0 saturated heterocycles. The summed E-state index contributed by atoms with van der Waals surface area (Å²) in [5.74, 6) is 0. The fourth-order valence-electron chi connectivity index (χ4n) is 1.04. The quantitative estimate of drug-likeness (QED) is 0.370. The number of hydrogen-bond acceptors (Lipinski definition) is 3. The zero-order chi connectivity index (χ0) is 12.1. The van der Waals surface area contributed by atoms with Gasteiger partial charge in [0, 0.05) is 4.47 Å². The monoisotopic (exact) mass is 317 g/mol. The normalized spacial score (nSPS) is 11.1. The summed E-state index contributed by atoms with van der Waals surface area (Å²) in [4.78, 5) is 4.31. The molecule has 1 aromatic carbocycles. The molecule has 0 aliphatic rings. The zero-order valence-electron chi connectivity index (χ0n) is 8.71. The number of nitrogens with one attached hydrogen (secondary N) is 1. The molecule has 0 saturated carbocycles. The molecule has 6 heteroatoms. The van der Waals surface area contributed by atoms with Crippen molar-refractivity contribution < 1.29 is 0 Å². The third kappa shape index (κ3) is 3.14. The van der Waals surface area contributed by atoms with E-state index in [2.05, 4.69) is 26.2 Å². The Kier molecular flexibility index (Phi) is 5.13. The van der Waals surface area contributed by atoms with Crippen molar-refractivity contribution in [1.82, 2.24) is 5.32 Å². The number of nitrogens with zero attached hydrogens (tertiary/aromatic N) is 2. The van der Waals surface area contributed by atoms with Crippen LogP contribution in [0.25, 0.3) is 0 Å². The van der Waals surface area contributed by atoms with Gasteiger partial charge in [-0.2, -0.15) is 5.26 Å². The van der Waals surface area contributed by atoms with Gasteiger partial charge in [0.1, 0.15) is 0 Å². The molecule has 0 bridgehead atoms. The van der Waals surface area contributed by atoms with Crippen molar-refractivity contribution in [2.45, 2.75) is 6.92 Å². The van der Waals surface area contributed by atoms with E-state index in [0.717, 1.165) is 15.7 Å². The van der Waals surface area contributed by atoms with Crippen molar-refractivity contribution in [2.75, 3.05) is 6.26 Å². The van der Waals surface area contributed by atoms with Crippen LogP contribution in [0.3, 0.4) is 0 Å². The summed E-state index contributed by atoms with van der Waals surface area (Å²) in [6, 6.07) is 3.68. The van der Waals surface area contributed by atoms with Crippen LogP contribution < -0.4 is 5.32 Å². The molecule has 1 aromatic rings. The maximum atomic E-state index is 8.52. The lowest BCUT2D eigenvalue weighted by Gasteiger charge is -2.06. The molecule has 0 aliphatic heterocycles. The Morgan fingerprint density at radius 3 is 2.88 bits per heavy atom. The van der Waals surface area contributed by atoms with E-state index in [-0.39, 0.29) is 0 Å². The van der Waals surface area contributed by atoms with Gasteiger partial charge in [-0.3, -0.25) is 5.32 Å². The lowest BCUT2D eigenvalue weighted by Crippen LogP contribution is -2.12. The van der Waals surface area contributed by atoms with Crippen LogP contribution >= 0.6 is 39.3 Å². The highest BCUT2D eigenvalue weighted by molar-refractivity contribution is 9.10. The van der Waals surface area contributed by atoms with Crippen LogP contribution in [-0.4, -0.2) is 11.4 Å². The molecule has 0 heterocycles. The second kappa shape index (κ2) is 6.14. The van der Waals surface area contributed by atoms with Crippen LogP contribution in [0.4, 0.5) is 5.69 Å². The van der Waals surface area contributed by atoms with Gasteiger partial charge in [0.05, 0.1) is 10.7 Å². The first kappa shape index (κ1) is 13.4. The van der Waals surface area contributed by atoms with Gasteiger partial charge in [-0.15, -0.1) is 0 Å². The maximum Gasteiger partial charge on any atom is 0.183 e. The van der Waals surface area contributed by atoms with Crippen molar-refractivity contribution >= 4 is 50.1 Å². The minimum absolute atomic E-state index is 0.545. The largest absolute Gasteiger partial charge is 0.271 e. The number of benzene rings is 1. The Bertz CT molecular complexity index is 468. The Morgan fingerprint density at radius 1 is 1.62 bits per heavy atom. The van der Waals surface area contributed by atoms with Crippen molar-refractivity contribution in [3.8, 4) is 6.19 Å². The summed E-state index contributed by atoms with van der Waals surface area (Å²) in [6.45, 7) is 1.89. The summed E-state index contributed by atoms with van der Waals surface area (Å²) < 4.78 is 0.838. The first-order valence-corrected chi connectivity index (χ1v) is 6.72. The second-order valence-corrected chi connectivity index (χ2v) is 4.89. The van der Waals surface area contributed by atoms with Gasteiger partial charge >= 0.3 is 0 Å². The SMILES string of the molecule is CSC(=Nc1ccc(Br)c(Cl)c1C)NC#N. The molecular formula is C10H9BrClN3S. The summed E-state index contributed by atoms with van der Waals surface area (Å²) in [5.41, 5.74) is 1.63. The first-order valence-electron chi connectivity index (χ1n) is 4.32. The van der Waals surface area contributed by atoms with Crippen LogP contribution in [0.1, 0.15) is 5.56 Å². The number of halogens is 2. The molecule has 84 valence electrons. The highest BCUT2D eigenvalue weighted by atomic mass is 79.9. The lowest BCUT2D eigenvalue weighted by atomic mass is 10.2. The van der Waals surface area contributed by atoms with Gasteiger partial charge in [-0.05, 0) is 46.8 Å². The van der Waals surface area contributed by atoms with Gasteiger partial charge in [-0.1, -0.05) is 23.4 Å². The summed E-state index contributed by atoms with van der Waals surface area (Å²) in [6.07, 6.45) is 3.69. The Morgan fingerprint density at radius 2 is 2.31 bits per heavy atom. The number of amidine groups is 1. The molecule has 0 spiro atoms. The van der Waals surface area contributed by atoms with Gasteiger partial charge < -0.3 is 0 Å². The number of hydrogen-bond donors (Lipinski definition) is 1. The van der Waals surface area contributed by atoms with Crippen LogP contribution in [-0.2, 0) is 0 Å². The van der Waals surface area contributed by atoms with E-state index < -0.39 is 0 Å². The van der Waals surface area contributed by atoms with Gasteiger partial charge in [0.15, 0.2) is 11.4 Å². The van der Waals surface area contributed by atoms with E-state index >= 15 is 0 Å². The fraction of sp³-hybridized carbons (Fsp3) is 0.200. The smallest absolute Gasteiger partial charge is 0.183 e. The van der Waals surface area contributed by atoms with Crippen molar-refractivity contribution in [1.29, 1.82) is 5.26 Å². The molecule has 1 rings (SSSR count). The standard InChI is InChI=1S/C10H9BrClN3S/c1-6-8(4-3-7(11)9(6)12)15-10(16-2)14-5-13/h3-4H,1-2H3,(H,14,15). The fourth-order valence-corrected chi connectivity index (χ4v) is 1.97. The van der Waals surface area contributed by atoms with Crippen molar-refractivity contribution in [2.24, 2.45) is 4.99 Å². The molecule has 0 radical (unpaired) electrons. The Hall–Kier alpha value is -0.700. The van der Waals surface area contributed by atoms with E-state index in [1.54, 1.807) is 0 Å². The first-order chi connectivity index (χ1) is 7.60. The van der Waals surface area contributed by atoms with Crippen molar-refractivity contribution in [3.63, 3.8) is 0 Å². The minimum atomic E-state index is 0.545. The minimum Gasteiger partial charge on any atom is -0.271 e. The van der Waals surface area contributed by atoms with Gasteiger partial charge in [-0.25, -0.2) is 4.99 Å². The molecule has 0 aromatic heterocycles. The van der Waals surface area contributed by atoms with E-state index in [1.165, 1.54) is 11.8 Å². The zero-order valence-corrected chi connectivity index (χ0v) is 11.9. The molecule has 0 atom stereocenters. The average molecular weight is 319 g/mol. The molecule has 0 unspecified atom stereocenters. The second-order valence-electron chi connectivity index (χ2n) is 2.86. The van der Waals surface area contributed by atoms with Gasteiger partial charge in [0.25, 0.3) is 0 Å². The van der Waals surface area contributed by atoms with Crippen molar-refractivity contribution in [3.05, 3.63) is 27.2 Å². The molecule has 0 aliphatic carbocycles. The summed E-state index contributed by atoms with van der Waals surface area (Å²) in [7, 11) is 0. The predicted octanol–water partition coefficient (Wildman–Crippen LogP) is 3.83. The highest BCUT2D eigenvalue weighted by Gasteiger charge is 2.06. The van der Waals surface area contributed by atoms with E-state index in [1.807, 2.05) is 31.5 Å². The maximum absolute atomic E-state index is 8.52. The third-order valence-electron chi connectivity index (χ3n) is 1.89. The number of rotatable bonds is 1. The van der Waals surface area contributed by atoms with E-state index in [9.17, 15) is 0 Å². The molecule has 3 nitrogen and oxygen atoms in total. The van der Waals surface area contributed by atoms with Crippen LogP contribution in [0, 0.1) is 18.4 Å². The summed E-state index contributed by atoms with van der Waals surface area (Å²) >= 11 is 10.8. The van der Waals surface area contributed by atoms with Gasteiger partial charge in [0.2, 0.25) is 0 Å². The van der Waals surface area contributed by atoms with E-state index in [0.29, 0.717) is 10.2 Å². The predicted molar refractivity (Wildman–Crippen MR) is 73.2 cm³/mol. The lowest BCUT2D eigenvalue weighted by molar-refractivity contribution is 1.27. The molecule has 1 N–H and O–H groups in total. The summed E-state index contributed by atoms with van der Waals surface area (Å²) in [5, 5.41) is 12.2. The topological polar surface area (TPSA) is 48.2 Å². The van der Waals surface area contributed by atoms with Crippen LogP contribution in [0.2, 0.25) is 5.02 Å². The number of aliphatic imine (C=N–C) groups is 1. The molecule has 0 fully saturated rings.